The van der Waals surface area contributed by atoms with Crippen LogP contribution in [0.3, 0.4) is 0 Å². The molecule has 0 radical (unpaired) electrons. The van der Waals surface area contributed by atoms with Crippen molar-refractivity contribution in [3.8, 4) is 0 Å². The van der Waals surface area contributed by atoms with Gasteiger partial charge in [-0.2, -0.15) is 0 Å². The summed E-state index contributed by atoms with van der Waals surface area (Å²) in [6.45, 7) is 1.75. The minimum absolute atomic E-state index is 0.516. The van der Waals surface area contributed by atoms with Crippen molar-refractivity contribution < 1.29 is 5.11 Å². The van der Waals surface area contributed by atoms with E-state index in [4.69, 9.17) is 11.6 Å². The molecule has 0 spiro atoms. The molecule has 1 aromatic rings. The average Bonchev–Trinajstić information content (AvgIpc) is 2.05. The van der Waals surface area contributed by atoms with Crippen molar-refractivity contribution in [1.29, 1.82) is 0 Å². The van der Waals surface area contributed by atoms with E-state index < -0.39 is 5.60 Å². The summed E-state index contributed by atoms with van der Waals surface area (Å²) in [5, 5.41) is 11.0. The highest BCUT2D eigenvalue weighted by atomic mass is 79.9. The molecule has 1 nitrogen and oxygen atoms in total. The van der Waals surface area contributed by atoms with Crippen molar-refractivity contribution in [3.05, 3.63) is 34.9 Å². The summed E-state index contributed by atoms with van der Waals surface area (Å²) >= 11 is 8.95. The maximum Gasteiger partial charge on any atom is 0.0964 e. The maximum absolute atomic E-state index is 9.80. The lowest BCUT2D eigenvalue weighted by atomic mass is 9.99. The molecule has 66 valence electrons. The fraction of sp³-hybridized carbons (Fsp3) is 0.333. The Morgan fingerprint density at radius 3 is 2.33 bits per heavy atom. The highest BCUT2D eigenvalue weighted by Crippen LogP contribution is 2.23. The Hall–Kier alpha value is -0.0500. The minimum Gasteiger partial charge on any atom is -0.385 e. The van der Waals surface area contributed by atoms with Crippen LogP contribution in [0.1, 0.15) is 12.5 Å². The third-order valence-corrected chi connectivity index (χ3v) is 3.07. The smallest absolute Gasteiger partial charge is 0.0964 e. The van der Waals surface area contributed by atoms with Crippen LogP contribution >= 0.6 is 27.5 Å². The Morgan fingerprint density at radius 1 is 1.42 bits per heavy atom. The predicted octanol–water partition coefficient (Wildman–Crippen LogP) is 2.94. The zero-order valence-corrected chi connectivity index (χ0v) is 9.06. The van der Waals surface area contributed by atoms with Gasteiger partial charge in [-0.3, -0.25) is 0 Å². The first-order chi connectivity index (χ1) is 5.56. The Labute approximate surface area is 85.5 Å². The van der Waals surface area contributed by atoms with E-state index in [9.17, 15) is 5.11 Å². The van der Waals surface area contributed by atoms with Gasteiger partial charge in [-0.1, -0.05) is 39.7 Å². The zero-order chi connectivity index (χ0) is 9.19. The SMILES string of the molecule is CC(O)(CBr)c1ccc(Cl)cc1. The van der Waals surface area contributed by atoms with Crippen LogP contribution < -0.4 is 0 Å². The van der Waals surface area contributed by atoms with E-state index in [1.807, 2.05) is 12.1 Å². The van der Waals surface area contributed by atoms with E-state index in [2.05, 4.69) is 15.9 Å². The number of alkyl halides is 1. The molecule has 0 saturated heterocycles. The first kappa shape index (κ1) is 10.0. The Kier molecular flexibility index (Phi) is 3.16. The number of rotatable bonds is 2. The van der Waals surface area contributed by atoms with Crippen LogP contribution in [0, 0.1) is 0 Å². The van der Waals surface area contributed by atoms with Gasteiger partial charge in [0.15, 0.2) is 0 Å². The highest BCUT2D eigenvalue weighted by Gasteiger charge is 2.20. The van der Waals surface area contributed by atoms with Gasteiger partial charge in [0.2, 0.25) is 0 Å². The summed E-state index contributed by atoms with van der Waals surface area (Å²) in [6, 6.07) is 7.19. The standard InChI is InChI=1S/C9H10BrClO/c1-9(12,6-10)7-2-4-8(11)5-3-7/h2-5,12H,6H2,1H3. The lowest BCUT2D eigenvalue weighted by Crippen LogP contribution is -2.22. The molecule has 0 aromatic heterocycles. The number of halogens is 2. The van der Waals surface area contributed by atoms with Gasteiger partial charge in [-0.25, -0.2) is 0 Å². The largest absolute Gasteiger partial charge is 0.385 e. The third-order valence-electron chi connectivity index (χ3n) is 1.73. The maximum atomic E-state index is 9.80. The zero-order valence-electron chi connectivity index (χ0n) is 6.72. The average molecular weight is 250 g/mol. The van der Waals surface area contributed by atoms with Crippen LogP contribution in [0.2, 0.25) is 5.02 Å². The van der Waals surface area contributed by atoms with Crippen LogP contribution in [0.4, 0.5) is 0 Å². The number of aliphatic hydroxyl groups is 1. The van der Waals surface area contributed by atoms with Crippen molar-refractivity contribution in [3.63, 3.8) is 0 Å². The van der Waals surface area contributed by atoms with Crippen molar-refractivity contribution in [2.24, 2.45) is 0 Å². The third kappa shape index (κ3) is 2.22. The summed E-state index contributed by atoms with van der Waals surface area (Å²) in [4.78, 5) is 0. The lowest BCUT2D eigenvalue weighted by Gasteiger charge is -2.20. The fourth-order valence-electron chi connectivity index (χ4n) is 0.886. The van der Waals surface area contributed by atoms with E-state index in [1.165, 1.54) is 0 Å². The molecule has 1 N–H and O–H groups in total. The van der Waals surface area contributed by atoms with E-state index in [1.54, 1.807) is 19.1 Å². The molecule has 0 fully saturated rings. The van der Waals surface area contributed by atoms with Crippen LogP contribution in [0.5, 0.6) is 0 Å². The van der Waals surface area contributed by atoms with E-state index >= 15 is 0 Å². The molecule has 0 heterocycles. The second-order valence-corrected chi connectivity index (χ2v) is 3.91. The van der Waals surface area contributed by atoms with Crippen LogP contribution in [0.25, 0.3) is 0 Å². The Morgan fingerprint density at radius 2 is 1.92 bits per heavy atom. The molecule has 0 saturated carbocycles. The van der Waals surface area contributed by atoms with Crippen LogP contribution in [-0.2, 0) is 5.60 Å². The van der Waals surface area contributed by atoms with E-state index in [0.29, 0.717) is 10.4 Å². The molecular formula is C9H10BrClO. The second-order valence-electron chi connectivity index (χ2n) is 2.91. The van der Waals surface area contributed by atoms with Gasteiger partial charge in [-0.15, -0.1) is 0 Å². The minimum atomic E-state index is -0.815. The molecule has 1 rings (SSSR count). The second kappa shape index (κ2) is 3.77. The molecule has 0 aliphatic heterocycles. The summed E-state index contributed by atoms with van der Waals surface area (Å²) < 4.78 is 0. The van der Waals surface area contributed by atoms with Gasteiger partial charge < -0.3 is 5.11 Å². The summed E-state index contributed by atoms with van der Waals surface area (Å²) in [5.74, 6) is 0. The van der Waals surface area contributed by atoms with E-state index in [0.717, 1.165) is 5.56 Å². The number of hydrogen-bond donors (Lipinski definition) is 1. The molecule has 1 atom stereocenters. The fourth-order valence-corrected chi connectivity index (χ4v) is 1.34. The molecule has 0 aliphatic rings. The molecule has 12 heavy (non-hydrogen) atoms. The molecule has 0 amide bonds. The quantitative estimate of drug-likeness (QED) is 0.799. The van der Waals surface area contributed by atoms with Crippen molar-refractivity contribution >= 4 is 27.5 Å². The van der Waals surface area contributed by atoms with Gasteiger partial charge in [-0.05, 0) is 24.6 Å². The van der Waals surface area contributed by atoms with Gasteiger partial charge >= 0.3 is 0 Å². The van der Waals surface area contributed by atoms with Crippen molar-refractivity contribution in [2.45, 2.75) is 12.5 Å². The van der Waals surface area contributed by atoms with Gasteiger partial charge in [0, 0.05) is 10.4 Å². The molecule has 3 heteroatoms. The van der Waals surface area contributed by atoms with Gasteiger partial charge in [0.1, 0.15) is 0 Å². The van der Waals surface area contributed by atoms with Crippen molar-refractivity contribution in [2.75, 3.05) is 5.33 Å². The molecule has 1 aromatic carbocycles. The first-order valence-electron chi connectivity index (χ1n) is 3.60. The van der Waals surface area contributed by atoms with E-state index in [-0.39, 0.29) is 0 Å². The first-order valence-corrected chi connectivity index (χ1v) is 5.10. The number of hydrogen-bond acceptors (Lipinski definition) is 1. The molecule has 0 aliphatic carbocycles. The number of benzene rings is 1. The topological polar surface area (TPSA) is 20.2 Å². The lowest BCUT2D eigenvalue weighted by molar-refractivity contribution is 0.0853. The predicted molar refractivity (Wildman–Crippen MR) is 54.8 cm³/mol. The van der Waals surface area contributed by atoms with Gasteiger partial charge in [0.05, 0.1) is 5.60 Å². The summed E-state index contributed by atoms with van der Waals surface area (Å²) in [6.07, 6.45) is 0. The highest BCUT2D eigenvalue weighted by molar-refractivity contribution is 9.09. The molecular weight excluding hydrogens is 239 g/mol. The normalized spacial score (nSPS) is 15.7. The van der Waals surface area contributed by atoms with Gasteiger partial charge in [0.25, 0.3) is 0 Å². The van der Waals surface area contributed by atoms with Crippen LogP contribution in [-0.4, -0.2) is 10.4 Å². The molecule has 0 bridgehead atoms. The summed E-state index contributed by atoms with van der Waals surface area (Å²) in [7, 11) is 0. The van der Waals surface area contributed by atoms with Crippen molar-refractivity contribution in [1.82, 2.24) is 0 Å². The Bertz CT molecular complexity index is 256. The Balaban J connectivity index is 2.96. The monoisotopic (exact) mass is 248 g/mol. The molecule has 1 unspecified atom stereocenters. The van der Waals surface area contributed by atoms with Crippen LogP contribution in [0.15, 0.2) is 24.3 Å². The summed E-state index contributed by atoms with van der Waals surface area (Å²) in [5.41, 5.74) is 0.0497.